The van der Waals surface area contributed by atoms with Crippen molar-refractivity contribution in [3.63, 3.8) is 0 Å². The fourth-order valence-corrected chi connectivity index (χ4v) is 1.95. The molecule has 1 aromatic rings. The van der Waals surface area contributed by atoms with E-state index in [2.05, 4.69) is 11.1 Å². The Morgan fingerprint density at radius 2 is 2.25 bits per heavy atom. The van der Waals surface area contributed by atoms with E-state index in [4.69, 9.17) is 5.73 Å². The summed E-state index contributed by atoms with van der Waals surface area (Å²) in [5.41, 5.74) is 7.14. The van der Waals surface area contributed by atoms with Crippen LogP contribution >= 0.6 is 0 Å². The molecular formula is C10H14N2. The van der Waals surface area contributed by atoms with Crippen LogP contribution in [0.3, 0.4) is 0 Å². The predicted octanol–water partition coefficient (Wildman–Crippen LogP) is 1.68. The first kappa shape index (κ1) is 7.74. The Balaban J connectivity index is 2.19. The van der Waals surface area contributed by atoms with Gasteiger partial charge in [-0.15, -0.1) is 0 Å². The highest BCUT2D eigenvalue weighted by molar-refractivity contribution is 5.13. The summed E-state index contributed by atoms with van der Waals surface area (Å²) >= 11 is 0. The molecule has 2 atom stereocenters. The SMILES string of the molecule is NC1CCCC1c1ccccn1. The van der Waals surface area contributed by atoms with Crippen LogP contribution in [-0.2, 0) is 0 Å². The summed E-state index contributed by atoms with van der Waals surface area (Å²) < 4.78 is 0. The van der Waals surface area contributed by atoms with Crippen molar-refractivity contribution < 1.29 is 0 Å². The normalized spacial score (nSPS) is 29.1. The third kappa shape index (κ3) is 1.34. The third-order valence-electron chi connectivity index (χ3n) is 2.64. The summed E-state index contributed by atoms with van der Waals surface area (Å²) in [5, 5.41) is 0. The average Bonchev–Trinajstić information content (AvgIpc) is 2.53. The van der Waals surface area contributed by atoms with Gasteiger partial charge in [-0.2, -0.15) is 0 Å². The van der Waals surface area contributed by atoms with Crippen molar-refractivity contribution in [2.45, 2.75) is 31.2 Å². The topological polar surface area (TPSA) is 38.9 Å². The van der Waals surface area contributed by atoms with Crippen molar-refractivity contribution in [3.05, 3.63) is 30.1 Å². The number of hydrogen-bond donors (Lipinski definition) is 1. The quantitative estimate of drug-likeness (QED) is 0.682. The minimum atomic E-state index is 0.333. The van der Waals surface area contributed by atoms with Gasteiger partial charge < -0.3 is 5.73 Å². The second-order valence-corrected chi connectivity index (χ2v) is 3.46. The highest BCUT2D eigenvalue weighted by Gasteiger charge is 2.25. The smallest absolute Gasteiger partial charge is 0.0449 e. The molecule has 64 valence electrons. The number of nitrogens with zero attached hydrogens (tertiary/aromatic N) is 1. The minimum Gasteiger partial charge on any atom is -0.327 e. The van der Waals surface area contributed by atoms with Crippen molar-refractivity contribution in [1.29, 1.82) is 0 Å². The zero-order chi connectivity index (χ0) is 8.39. The lowest BCUT2D eigenvalue weighted by Crippen LogP contribution is -2.23. The molecule has 1 fully saturated rings. The van der Waals surface area contributed by atoms with Crippen LogP contribution < -0.4 is 5.73 Å². The molecule has 1 heterocycles. The molecule has 2 N–H and O–H groups in total. The van der Waals surface area contributed by atoms with E-state index in [1.165, 1.54) is 18.5 Å². The van der Waals surface area contributed by atoms with E-state index >= 15 is 0 Å². The van der Waals surface area contributed by atoms with E-state index in [9.17, 15) is 0 Å². The second-order valence-electron chi connectivity index (χ2n) is 3.46. The van der Waals surface area contributed by atoms with Crippen molar-refractivity contribution in [2.24, 2.45) is 5.73 Å². The second kappa shape index (κ2) is 3.23. The number of rotatable bonds is 1. The number of pyridine rings is 1. The van der Waals surface area contributed by atoms with Gasteiger partial charge in [0.1, 0.15) is 0 Å². The molecule has 1 saturated carbocycles. The van der Waals surface area contributed by atoms with Gasteiger partial charge in [-0.3, -0.25) is 4.98 Å². The highest BCUT2D eigenvalue weighted by atomic mass is 14.7. The van der Waals surface area contributed by atoms with Gasteiger partial charge in [-0.25, -0.2) is 0 Å². The third-order valence-corrected chi connectivity index (χ3v) is 2.64. The van der Waals surface area contributed by atoms with E-state index in [-0.39, 0.29) is 0 Å². The maximum absolute atomic E-state index is 5.97. The van der Waals surface area contributed by atoms with Gasteiger partial charge in [-0.1, -0.05) is 12.5 Å². The molecule has 0 aromatic carbocycles. The standard InChI is InChI=1S/C10H14N2/c11-9-5-3-4-8(9)10-6-1-2-7-12-10/h1-2,6-9H,3-5,11H2. The van der Waals surface area contributed by atoms with Crippen LogP contribution in [0.4, 0.5) is 0 Å². The first-order valence-electron chi connectivity index (χ1n) is 4.54. The first-order valence-corrected chi connectivity index (χ1v) is 4.54. The van der Waals surface area contributed by atoms with Crippen LogP contribution in [0.5, 0.6) is 0 Å². The zero-order valence-electron chi connectivity index (χ0n) is 7.11. The molecule has 0 amide bonds. The highest BCUT2D eigenvalue weighted by Crippen LogP contribution is 2.31. The molecule has 2 nitrogen and oxygen atoms in total. The Morgan fingerprint density at radius 3 is 2.83 bits per heavy atom. The van der Waals surface area contributed by atoms with Gasteiger partial charge in [0.15, 0.2) is 0 Å². The molecule has 2 rings (SSSR count). The van der Waals surface area contributed by atoms with Gasteiger partial charge in [0.05, 0.1) is 0 Å². The molecule has 0 bridgehead atoms. The number of aromatic nitrogens is 1. The van der Waals surface area contributed by atoms with Gasteiger partial charge in [0.2, 0.25) is 0 Å². The Hall–Kier alpha value is -0.890. The summed E-state index contributed by atoms with van der Waals surface area (Å²) in [6.07, 6.45) is 5.46. The van der Waals surface area contributed by atoms with Crippen LogP contribution in [0.15, 0.2) is 24.4 Å². The molecule has 1 aromatic heterocycles. The van der Waals surface area contributed by atoms with E-state index < -0.39 is 0 Å². The van der Waals surface area contributed by atoms with E-state index in [1.54, 1.807) is 0 Å². The maximum Gasteiger partial charge on any atom is 0.0449 e. The van der Waals surface area contributed by atoms with Crippen molar-refractivity contribution >= 4 is 0 Å². The molecule has 0 saturated heterocycles. The lowest BCUT2D eigenvalue weighted by atomic mass is 10.00. The zero-order valence-corrected chi connectivity index (χ0v) is 7.11. The molecule has 1 aliphatic rings. The van der Waals surface area contributed by atoms with Crippen LogP contribution in [0.1, 0.15) is 30.9 Å². The lowest BCUT2D eigenvalue weighted by molar-refractivity contribution is 0.598. The molecule has 0 spiro atoms. The molecular weight excluding hydrogens is 148 g/mol. The predicted molar refractivity (Wildman–Crippen MR) is 48.8 cm³/mol. The van der Waals surface area contributed by atoms with Crippen molar-refractivity contribution in [1.82, 2.24) is 4.98 Å². The summed E-state index contributed by atoms with van der Waals surface area (Å²) in [6, 6.07) is 6.40. The minimum absolute atomic E-state index is 0.333. The molecule has 12 heavy (non-hydrogen) atoms. The van der Waals surface area contributed by atoms with Crippen LogP contribution in [-0.4, -0.2) is 11.0 Å². The maximum atomic E-state index is 5.97. The Kier molecular flexibility index (Phi) is 2.09. The first-order chi connectivity index (χ1) is 5.88. The summed E-state index contributed by atoms with van der Waals surface area (Å²) in [7, 11) is 0. The van der Waals surface area contributed by atoms with E-state index in [1.807, 2.05) is 18.3 Å². The fourth-order valence-electron chi connectivity index (χ4n) is 1.95. The molecule has 0 radical (unpaired) electrons. The van der Waals surface area contributed by atoms with E-state index in [0.29, 0.717) is 12.0 Å². The summed E-state index contributed by atoms with van der Waals surface area (Å²) in [6.45, 7) is 0. The van der Waals surface area contributed by atoms with Crippen molar-refractivity contribution in [3.8, 4) is 0 Å². The lowest BCUT2D eigenvalue weighted by Gasteiger charge is -2.13. The van der Waals surface area contributed by atoms with Crippen LogP contribution in [0.25, 0.3) is 0 Å². The van der Waals surface area contributed by atoms with Crippen LogP contribution in [0, 0.1) is 0 Å². The number of nitrogens with two attached hydrogens (primary N) is 1. The summed E-state index contributed by atoms with van der Waals surface area (Å²) in [5.74, 6) is 0.506. The fraction of sp³-hybridized carbons (Fsp3) is 0.500. The number of hydrogen-bond acceptors (Lipinski definition) is 2. The monoisotopic (exact) mass is 162 g/mol. The average molecular weight is 162 g/mol. The van der Waals surface area contributed by atoms with E-state index in [0.717, 1.165) is 6.42 Å². The van der Waals surface area contributed by atoms with Crippen LogP contribution in [0.2, 0.25) is 0 Å². The summed E-state index contributed by atoms with van der Waals surface area (Å²) in [4.78, 5) is 4.33. The molecule has 0 aliphatic heterocycles. The van der Waals surface area contributed by atoms with Gasteiger partial charge in [-0.05, 0) is 25.0 Å². The molecule has 1 aliphatic carbocycles. The van der Waals surface area contributed by atoms with Crippen molar-refractivity contribution in [2.75, 3.05) is 0 Å². The van der Waals surface area contributed by atoms with Gasteiger partial charge in [0.25, 0.3) is 0 Å². The Bertz CT molecular complexity index is 245. The molecule has 2 heteroatoms. The molecule has 2 unspecified atom stereocenters. The van der Waals surface area contributed by atoms with Gasteiger partial charge >= 0.3 is 0 Å². The Labute approximate surface area is 72.8 Å². The van der Waals surface area contributed by atoms with Gasteiger partial charge in [0, 0.05) is 23.9 Å². The Morgan fingerprint density at radius 1 is 1.33 bits per heavy atom. The largest absolute Gasteiger partial charge is 0.327 e.